The Morgan fingerprint density at radius 1 is 0.768 bits per heavy atom. The number of aryl methyl sites for hydroxylation is 1. The van der Waals surface area contributed by atoms with Crippen LogP contribution >= 0.6 is 0 Å². The molecule has 0 amide bonds. The molecule has 0 radical (unpaired) electrons. The molecule has 3 heteroatoms. The van der Waals surface area contributed by atoms with E-state index in [0.29, 0.717) is 5.70 Å². The number of aliphatic imine (C=N–C) groups is 2. The summed E-state index contributed by atoms with van der Waals surface area (Å²) in [5, 5.41) is 7.43. The highest BCUT2D eigenvalue weighted by atomic mass is 14.8. The number of pyridine rings is 1. The molecule has 0 saturated carbocycles. The summed E-state index contributed by atoms with van der Waals surface area (Å²) in [5.74, 6) is 0.223. The predicted octanol–water partition coefficient (Wildman–Crippen LogP) is 14.3. The quantitative estimate of drug-likeness (QED) is 0.0383. The smallest absolute Gasteiger partial charge is 0.0916 e. The van der Waals surface area contributed by atoms with Crippen LogP contribution in [0.25, 0.3) is 54.8 Å². The Labute approximate surface area is 332 Å². The molecule has 6 aromatic rings. The fourth-order valence-electron chi connectivity index (χ4n) is 7.80. The zero-order valence-corrected chi connectivity index (χ0v) is 33.2. The Morgan fingerprint density at radius 2 is 1.45 bits per heavy atom. The lowest BCUT2D eigenvalue weighted by molar-refractivity contribution is 0.751. The van der Waals surface area contributed by atoms with Crippen molar-refractivity contribution in [3.8, 4) is 11.3 Å². The molecule has 5 aromatic carbocycles. The number of allylic oxidation sites excluding steroid dienone is 9. The first-order chi connectivity index (χ1) is 27.4. The van der Waals surface area contributed by atoms with E-state index in [-0.39, 0.29) is 5.92 Å². The second-order valence-electron chi connectivity index (χ2n) is 14.7. The van der Waals surface area contributed by atoms with Crippen molar-refractivity contribution in [1.29, 1.82) is 0 Å². The highest BCUT2D eigenvalue weighted by Gasteiger charge is 2.19. The number of hydrogen-bond acceptors (Lipinski definition) is 3. The van der Waals surface area contributed by atoms with Crippen LogP contribution in [0.5, 0.6) is 0 Å². The average molecular weight is 730 g/mol. The molecule has 1 heterocycles. The molecule has 0 spiro atoms. The molecule has 1 unspecified atom stereocenters. The van der Waals surface area contributed by atoms with Crippen molar-refractivity contribution < 1.29 is 0 Å². The number of fused-ring (bicyclic) bond motifs is 6. The highest BCUT2D eigenvalue weighted by molar-refractivity contribution is 6.26. The maximum absolute atomic E-state index is 5.13. The summed E-state index contributed by atoms with van der Waals surface area (Å²) < 4.78 is 0. The highest BCUT2D eigenvalue weighted by Crippen LogP contribution is 2.39. The Balaban J connectivity index is 1.19. The zero-order valence-electron chi connectivity index (χ0n) is 33.2. The molecule has 1 aliphatic rings. The van der Waals surface area contributed by atoms with Gasteiger partial charge >= 0.3 is 0 Å². The van der Waals surface area contributed by atoms with Gasteiger partial charge in [0.25, 0.3) is 0 Å². The Bertz CT molecular complexity index is 2610. The van der Waals surface area contributed by atoms with Gasteiger partial charge in [-0.1, -0.05) is 141 Å². The molecule has 0 N–H and O–H groups in total. The fourth-order valence-corrected chi connectivity index (χ4v) is 7.80. The van der Waals surface area contributed by atoms with E-state index in [1.54, 1.807) is 0 Å². The van der Waals surface area contributed by atoms with Crippen molar-refractivity contribution in [2.45, 2.75) is 53.4 Å². The van der Waals surface area contributed by atoms with Crippen molar-refractivity contribution in [1.82, 2.24) is 4.98 Å². The first kappa shape index (κ1) is 38.1. The van der Waals surface area contributed by atoms with E-state index in [1.165, 1.54) is 43.5 Å². The molecular formula is C53H51N3. The molecule has 0 aliphatic heterocycles. The van der Waals surface area contributed by atoms with Gasteiger partial charge in [0, 0.05) is 29.4 Å². The third-order valence-corrected chi connectivity index (χ3v) is 10.8. The summed E-state index contributed by atoms with van der Waals surface area (Å²) >= 11 is 0. The molecule has 7 rings (SSSR count). The van der Waals surface area contributed by atoms with Gasteiger partial charge in [0.15, 0.2) is 0 Å². The van der Waals surface area contributed by atoms with E-state index in [2.05, 4.69) is 154 Å². The Hall–Kier alpha value is -6.19. The molecule has 0 saturated heterocycles. The monoisotopic (exact) mass is 729 g/mol. The van der Waals surface area contributed by atoms with Gasteiger partial charge in [0.05, 0.1) is 17.1 Å². The van der Waals surface area contributed by atoms with Crippen LogP contribution in [0.15, 0.2) is 174 Å². The van der Waals surface area contributed by atoms with Crippen LogP contribution in [0.3, 0.4) is 0 Å². The van der Waals surface area contributed by atoms with Gasteiger partial charge in [-0.2, -0.15) is 0 Å². The lowest BCUT2D eigenvalue weighted by Gasteiger charge is -2.20. The van der Waals surface area contributed by atoms with Crippen LogP contribution < -0.4 is 0 Å². The minimum atomic E-state index is 0.223. The standard InChI is InChI=1S/C53H51N3/c1-7-9-10-11-17-33-54-53(36(3)18-8-2)42-26-24-41(25-27-42)43-28-30-47-48-31-29-44(35-50(48)46-22-16-15-21-45(46)49(47)34-43)51-32-23-37(4)52(56-51)39(6)55-38(5)40-19-13-12-14-20-40/h7-9,12-16,18-26,28-32,34-35,42H,3,6,10-11,17,27,33H2,1-2,4-5H3/b9-7-,18-8-,54-53?,55-38?. The van der Waals surface area contributed by atoms with Crippen LogP contribution in [0.2, 0.25) is 0 Å². The van der Waals surface area contributed by atoms with Gasteiger partial charge in [-0.15, -0.1) is 0 Å². The van der Waals surface area contributed by atoms with Crippen molar-refractivity contribution in [3.05, 3.63) is 187 Å². The van der Waals surface area contributed by atoms with E-state index in [1.807, 2.05) is 32.0 Å². The zero-order chi connectivity index (χ0) is 39.0. The number of unbranched alkanes of at least 4 members (excludes halogenated alkanes) is 2. The summed E-state index contributed by atoms with van der Waals surface area (Å²) in [5.41, 5.74) is 11.1. The van der Waals surface area contributed by atoms with Crippen molar-refractivity contribution in [2.24, 2.45) is 15.9 Å². The number of hydrogen-bond donors (Lipinski definition) is 0. The number of nitrogens with zero attached hydrogens (tertiary/aromatic N) is 3. The van der Waals surface area contributed by atoms with Crippen molar-refractivity contribution in [2.75, 3.05) is 6.54 Å². The Morgan fingerprint density at radius 3 is 2.12 bits per heavy atom. The minimum Gasteiger partial charge on any atom is -0.289 e. The topological polar surface area (TPSA) is 37.6 Å². The summed E-state index contributed by atoms with van der Waals surface area (Å²) in [7, 11) is 0. The summed E-state index contributed by atoms with van der Waals surface area (Å²) in [6, 6.07) is 36.9. The maximum atomic E-state index is 5.13. The summed E-state index contributed by atoms with van der Waals surface area (Å²) in [6.45, 7) is 17.7. The van der Waals surface area contributed by atoms with Gasteiger partial charge < -0.3 is 0 Å². The van der Waals surface area contributed by atoms with Crippen LogP contribution in [0, 0.1) is 12.8 Å². The van der Waals surface area contributed by atoms with E-state index in [0.717, 1.165) is 77.3 Å². The van der Waals surface area contributed by atoms with E-state index in [4.69, 9.17) is 15.0 Å². The normalized spacial score (nSPS) is 15.1. The molecule has 3 nitrogen and oxygen atoms in total. The van der Waals surface area contributed by atoms with Crippen LogP contribution in [0.1, 0.15) is 68.8 Å². The van der Waals surface area contributed by atoms with Gasteiger partial charge in [0.2, 0.25) is 0 Å². The molecule has 1 aliphatic carbocycles. The second kappa shape index (κ2) is 17.5. The van der Waals surface area contributed by atoms with Gasteiger partial charge in [-0.05, 0) is 132 Å². The molecule has 0 fully saturated rings. The largest absolute Gasteiger partial charge is 0.289 e. The van der Waals surface area contributed by atoms with Crippen LogP contribution in [-0.2, 0) is 0 Å². The first-order valence-corrected chi connectivity index (χ1v) is 19.9. The first-order valence-electron chi connectivity index (χ1n) is 19.9. The number of aromatic nitrogens is 1. The molecule has 1 atom stereocenters. The van der Waals surface area contributed by atoms with Crippen LogP contribution in [-0.4, -0.2) is 23.0 Å². The Kier molecular flexibility index (Phi) is 11.9. The minimum absolute atomic E-state index is 0.223. The maximum Gasteiger partial charge on any atom is 0.0916 e. The lowest BCUT2D eigenvalue weighted by Crippen LogP contribution is -2.16. The molecule has 56 heavy (non-hydrogen) atoms. The average Bonchev–Trinajstić information content (AvgIpc) is 3.23. The third-order valence-electron chi connectivity index (χ3n) is 10.8. The van der Waals surface area contributed by atoms with Gasteiger partial charge in [0.1, 0.15) is 0 Å². The molecule has 0 bridgehead atoms. The molecule has 278 valence electrons. The summed E-state index contributed by atoms with van der Waals surface area (Å²) in [4.78, 5) is 15.1. The third kappa shape index (κ3) is 8.23. The van der Waals surface area contributed by atoms with Crippen LogP contribution in [0.4, 0.5) is 0 Å². The second-order valence-corrected chi connectivity index (χ2v) is 14.7. The predicted molar refractivity (Wildman–Crippen MR) is 245 cm³/mol. The summed E-state index contributed by atoms with van der Waals surface area (Å²) in [6.07, 6.45) is 19.7. The fraction of sp³-hybridized carbons (Fsp3) is 0.189. The number of benzene rings is 5. The number of rotatable bonds is 13. The van der Waals surface area contributed by atoms with E-state index < -0.39 is 0 Å². The molecule has 1 aromatic heterocycles. The molecular weight excluding hydrogens is 679 g/mol. The SMILES string of the molecule is C=C(/C=C\C)C(=NCCCC/C=C\C)C1C=CC(c2ccc3c4ccc(-c5ccc(C)c(C(=C)N=C(C)c6ccccc6)n5)cc4c4ccccc4c3c2)=CC1. The van der Waals surface area contributed by atoms with E-state index >= 15 is 0 Å². The van der Waals surface area contributed by atoms with Crippen molar-refractivity contribution in [3.63, 3.8) is 0 Å². The lowest BCUT2D eigenvalue weighted by atomic mass is 9.86. The van der Waals surface area contributed by atoms with Gasteiger partial charge in [-0.3, -0.25) is 9.98 Å². The van der Waals surface area contributed by atoms with E-state index in [9.17, 15) is 0 Å². The van der Waals surface area contributed by atoms with Gasteiger partial charge in [-0.25, -0.2) is 4.98 Å². The van der Waals surface area contributed by atoms with Crippen molar-refractivity contribution >= 4 is 55.0 Å².